The van der Waals surface area contributed by atoms with Crippen molar-refractivity contribution in [3.63, 3.8) is 0 Å². The first-order valence-corrected chi connectivity index (χ1v) is 7.28. The standard InChI is InChI=1S/C14H7ClFIN2O2/c15-9-5-7(1-3-10(9)16)13-18-14(21-19-13)8-2-4-11(17)12(20)6-8/h1-6,20H. The molecule has 1 N–H and O–H groups in total. The highest BCUT2D eigenvalue weighted by Crippen LogP contribution is 2.29. The highest BCUT2D eigenvalue weighted by molar-refractivity contribution is 14.1. The molecule has 0 spiro atoms. The first-order chi connectivity index (χ1) is 10.0. The molecule has 7 heteroatoms. The number of hydrogen-bond donors (Lipinski definition) is 1. The number of phenols is 1. The Morgan fingerprint density at radius 1 is 1.14 bits per heavy atom. The van der Waals surface area contributed by atoms with Crippen molar-refractivity contribution in [2.45, 2.75) is 0 Å². The van der Waals surface area contributed by atoms with Crippen LogP contribution in [0.2, 0.25) is 5.02 Å². The monoisotopic (exact) mass is 416 g/mol. The number of rotatable bonds is 2. The van der Waals surface area contributed by atoms with Gasteiger partial charge in [-0.15, -0.1) is 0 Å². The van der Waals surface area contributed by atoms with Crippen molar-refractivity contribution in [2.75, 3.05) is 0 Å². The lowest BCUT2D eigenvalue weighted by molar-refractivity contribution is 0.431. The number of aromatic nitrogens is 2. The smallest absolute Gasteiger partial charge is 0.258 e. The second-order valence-electron chi connectivity index (χ2n) is 4.22. The summed E-state index contributed by atoms with van der Waals surface area (Å²) in [6.07, 6.45) is 0. The van der Waals surface area contributed by atoms with Gasteiger partial charge in [-0.25, -0.2) is 4.39 Å². The van der Waals surface area contributed by atoms with Crippen molar-refractivity contribution in [3.8, 4) is 28.6 Å². The summed E-state index contributed by atoms with van der Waals surface area (Å²) in [5.41, 5.74) is 1.14. The molecule has 0 radical (unpaired) electrons. The van der Waals surface area contributed by atoms with Crippen LogP contribution in [0.15, 0.2) is 40.9 Å². The number of aromatic hydroxyl groups is 1. The van der Waals surface area contributed by atoms with Crippen molar-refractivity contribution >= 4 is 34.2 Å². The fourth-order valence-corrected chi connectivity index (χ4v) is 2.25. The Kier molecular flexibility index (Phi) is 3.81. The SMILES string of the molecule is Oc1cc(-c2nc(-c3ccc(F)c(Cl)c3)no2)ccc1I. The molecule has 21 heavy (non-hydrogen) atoms. The van der Waals surface area contributed by atoms with E-state index in [2.05, 4.69) is 10.1 Å². The molecule has 3 aromatic rings. The molecule has 1 aromatic heterocycles. The average molecular weight is 417 g/mol. The minimum atomic E-state index is -0.508. The predicted octanol–water partition coefficient (Wildman–Crippen LogP) is 4.51. The Hall–Kier alpha value is -1.67. The van der Waals surface area contributed by atoms with E-state index in [1.807, 2.05) is 22.6 Å². The number of phenolic OH excluding ortho intramolecular Hbond substituents is 1. The lowest BCUT2D eigenvalue weighted by Crippen LogP contribution is -1.84. The Bertz CT molecular complexity index is 756. The third kappa shape index (κ3) is 2.86. The molecule has 3 rings (SSSR count). The van der Waals surface area contributed by atoms with E-state index in [9.17, 15) is 9.50 Å². The second-order valence-corrected chi connectivity index (χ2v) is 5.79. The zero-order valence-corrected chi connectivity index (χ0v) is 13.3. The molecular formula is C14H7ClFIN2O2. The van der Waals surface area contributed by atoms with Gasteiger partial charge in [-0.3, -0.25) is 0 Å². The normalized spacial score (nSPS) is 10.8. The molecular weight excluding hydrogens is 410 g/mol. The molecule has 0 amide bonds. The Morgan fingerprint density at radius 3 is 2.62 bits per heavy atom. The molecule has 0 saturated heterocycles. The average Bonchev–Trinajstić information content (AvgIpc) is 2.94. The third-order valence-electron chi connectivity index (χ3n) is 2.80. The molecule has 0 atom stereocenters. The summed E-state index contributed by atoms with van der Waals surface area (Å²) in [6.45, 7) is 0. The molecule has 0 saturated carbocycles. The zero-order valence-electron chi connectivity index (χ0n) is 10.3. The number of halogens is 3. The van der Waals surface area contributed by atoms with Crippen LogP contribution in [-0.4, -0.2) is 15.2 Å². The van der Waals surface area contributed by atoms with Crippen LogP contribution < -0.4 is 0 Å². The maximum atomic E-state index is 13.1. The number of hydrogen-bond acceptors (Lipinski definition) is 4. The molecule has 0 fully saturated rings. The van der Waals surface area contributed by atoms with E-state index in [4.69, 9.17) is 16.1 Å². The first kappa shape index (κ1) is 14.3. The maximum absolute atomic E-state index is 13.1. The van der Waals surface area contributed by atoms with Crippen LogP contribution in [0.25, 0.3) is 22.8 Å². The van der Waals surface area contributed by atoms with Crippen LogP contribution in [-0.2, 0) is 0 Å². The molecule has 4 nitrogen and oxygen atoms in total. The van der Waals surface area contributed by atoms with E-state index in [0.29, 0.717) is 17.0 Å². The minimum Gasteiger partial charge on any atom is -0.507 e. The maximum Gasteiger partial charge on any atom is 0.258 e. The van der Waals surface area contributed by atoms with Crippen molar-refractivity contribution in [2.24, 2.45) is 0 Å². The fraction of sp³-hybridized carbons (Fsp3) is 0. The first-order valence-electron chi connectivity index (χ1n) is 5.82. The Balaban J connectivity index is 1.99. The van der Waals surface area contributed by atoms with Gasteiger partial charge in [-0.05, 0) is 59.0 Å². The van der Waals surface area contributed by atoms with E-state index in [1.165, 1.54) is 24.3 Å². The van der Waals surface area contributed by atoms with Gasteiger partial charge in [0, 0.05) is 11.1 Å². The molecule has 0 aliphatic rings. The van der Waals surface area contributed by atoms with Crippen molar-refractivity contribution < 1.29 is 14.0 Å². The predicted molar refractivity (Wildman–Crippen MR) is 84.5 cm³/mol. The number of nitrogens with zero attached hydrogens (tertiary/aromatic N) is 2. The van der Waals surface area contributed by atoms with Crippen molar-refractivity contribution in [1.82, 2.24) is 10.1 Å². The van der Waals surface area contributed by atoms with E-state index >= 15 is 0 Å². The third-order valence-corrected chi connectivity index (χ3v) is 4.00. The highest BCUT2D eigenvalue weighted by Gasteiger charge is 2.13. The van der Waals surface area contributed by atoms with E-state index < -0.39 is 5.82 Å². The summed E-state index contributed by atoms with van der Waals surface area (Å²) in [4.78, 5) is 4.22. The van der Waals surface area contributed by atoms with Gasteiger partial charge in [0.15, 0.2) is 0 Å². The van der Waals surface area contributed by atoms with Gasteiger partial charge in [-0.2, -0.15) is 4.98 Å². The van der Waals surface area contributed by atoms with Gasteiger partial charge in [0.05, 0.1) is 8.59 Å². The summed E-state index contributed by atoms with van der Waals surface area (Å²) in [7, 11) is 0. The fourth-order valence-electron chi connectivity index (χ4n) is 1.74. The Labute approximate surface area is 137 Å². The van der Waals surface area contributed by atoms with Crippen LogP contribution in [0, 0.1) is 9.39 Å². The van der Waals surface area contributed by atoms with Gasteiger partial charge in [0.2, 0.25) is 5.82 Å². The van der Waals surface area contributed by atoms with Crippen LogP contribution in [0.4, 0.5) is 4.39 Å². The number of benzene rings is 2. The molecule has 2 aromatic carbocycles. The van der Waals surface area contributed by atoms with Crippen LogP contribution in [0.3, 0.4) is 0 Å². The summed E-state index contributed by atoms with van der Waals surface area (Å²) in [6, 6.07) is 9.22. The second kappa shape index (κ2) is 5.61. The largest absolute Gasteiger partial charge is 0.507 e. The quantitative estimate of drug-likeness (QED) is 0.625. The summed E-state index contributed by atoms with van der Waals surface area (Å²) >= 11 is 7.75. The highest BCUT2D eigenvalue weighted by atomic mass is 127. The van der Waals surface area contributed by atoms with Crippen molar-refractivity contribution in [1.29, 1.82) is 0 Å². The minimum absolute atomic E-state index is 0.00856. The van der Waals surface area contributed by atoms with Gasteiger partial charge in [0.25, 0.3) is 5.89 Å². The van der Waals surface area contributed by atoms with Gasteiger partial charge >= 0.3 is 0 Å². The van der Waals surface area contributed by atoms with E-state index in [-0.39, 0.29) is 16.7 Å². The summed E-state index contributed by atoms with van der Waals surface area (Å²) in [5.74, 6) is 0.187. The van der Waals surface area contributed by atoms with Crippen LogP contribution >= 0.6 is 34.2 Å². The van der Waals surface area contributed by atoms with Gasteiger partial charge in [0.1, 0.15) is 11.6 Å². The molecule has 0 aliphatic carbocycles. The van der Waals surface area contributed by atoms with Crippen LogP contribution in [0.5, 0.6) is 5.75 Å². The van der Waals surface area contributed by atoms with Crippen LogP contribution in [0.1, 0.15) is 0 Å². The van der Waals surface area contributed by atoms with E-state index in [0.717, 1.165) is 3.57 Å². The molecule has 0 aliphatic heterocycles. The van der Waals surface area contributed by atoms with Gasteiger partial charge in [-0.1, -0.05) is 16.8 Å². The topological polar surface area (TPSA) is 59.2 Å². The summed E-state index contributed by atoms with van der Waals surface area (Å²) in [5, 5.41) is 13.5. The molecule has 0 unspecified atom stereocenters. The Morgan fingerprint density at radius 2 is 1.90 bits per heavy atom. The lowest BCUT2D eigenvalue weighted by Gasteiger charge is -1.98. The molecule has 0 bridgehead atoms. The molecule has 1 heterocycles. The summed E-state index contributed by atoms with van der Waals surface area (Å²) < 4.78 is 19.0. The van der Waals surface area contributed by atoms with E-state index in [1.54, 1.807) is 12.1 Å². The van der Waals surface area contributed by atoms with Gasteiger partial charge < -0.3 is 9.63 Å². The zero-order chi connectivity index (χ0) is 15.0. The lowest BCUT2D eigenvalue weighted by atomic mass is 10.2. The van der Waals surface area contributed by atoms with Crippen molar-refractivity contribution in [3.05, 3.63) is 50.8 Å². The molecule has 106 valence electrons.